The van der Waals surface area contributed by atoms with E-state index in [-0.39, 0.29) is 5.54 Å². The lowest BCUT2D eigenvalue weighted by atomic mass is 9.94. The highest BCUT2D eigenvalue weighted by Crippen LogP contribution is 2.35. The number of hydrogen-bond acceptors (Lipinski definition) is 4. The van der Waals surface area contributed by atoms with Crippen LogP contribution in [0.15, 0.2) is 34.1 Å². The molecule has 0 fully saturated rings. The molecule has 0 unspecified atom stereocenters. The van der Waals surface area contributed by atoms with Gasteiger partial charge < -0.3 is 14.8 Å². The third kappa shape index (κ3) is 2.85. The molecule has 20 heavy (non-hydrogen) atoms. The summed E-state index contributed by atoms with van der Waals surface area (Å²) in [5.74, 6) is 1.66. The van der Waals surface area contributed by atoms with Crippen LogP contribution in [0.5, 0.6) is 11.5 Å². The molecule has 0 spiro atoms. The van der Waals surface area contributed by atoms with E-state index in [0.29, 0.717) is 6.79 Å². The first kappa shape index (κ1) is 13.9. The van der Waals surface area contributed by atoms with Gasteiger partial charge in [-0.1, -0.05) is 6.07 Å². The van der Waals surface area contributed by atoms with Gasteiger partial charge in [-0.3, -0.25) is 0 Å². The zero-order valence-electron chi connectivity index (χ0n) is 11.4. The van der Waals surface area contributed by atoms with E-state index >= 15 is 0 Å². The molecule has 3 rings (SSSR count). The fourth-order valence-electron chi connectivity index (χ4n) is 2.14. The van der Waals surface area contributed by atoms with E-state index in [4.69, 9.17) is 9.47 Å². The van der Waals surface area contributed by atoms with Gasteiger partial charge in [-0.25, -0.2) is 0 Å². The lowest BCUT2D eigenvalue weighted by molar-refractivity contribution is 0.174. The standard InChI is InChI=1S/C15H16BrNO2S/c1-15(2,17-7-12-6-11(16)8-20-12)10-3-4-13-14(5-10)19-9-18-13/h3-6,8,17H,7,9H2,1-2H3. The molecule has 2 aromatic rings. The number of hydrogen-bond donors (Lipinski definition) is 1. The van der Waals surface area contributed by atoms with Crippen LogP contribution in [0, 0.1) is 0 Å². The van der Waals surface area contributed by atoms with Gasteiger partial charge >= 0.3 is 0 Å². The van der Waals surface area contributed by atoms with Crippen molar-refractivity contribution in [1.29, 1.82) is 0 Å². The Kier molecular flexibility index (Phi) is 3.75. The van der Waals surface area contributed by atoms with Crippen molar-refractivity contribution in [3.05, 3.63) is 44.6 Å². The van der Waals surface area contributed by atoms with Crippen LogP contribution in [-0.4, -0.2) is 6.79 Å². The summed E-state index contributed by atoms with van der Waals surface area (Å²) in [7, 11) is 0. The van der Waals surface area contributed by atoms with Crippen LogP contribution in [0.4, 0.5) is 0 Å². The normalized spacial score (nSPS) is 13.8. The van der Waals surface area contributed by atoms with Gasteiger partial charge in [0.25, 0.3) is 0 Å². The van der Waals surface area contributed by atoms with Crippen LogP contribution < -0.4 is 14.8 Å². The number of benzene rings is 1. The summed E-state index contributed by atoms with van der Waals surface area (Å²) in [5, 5.41) is 5.69. The second-order valence-electron chi connectivity index (χ2n) is 5.28. The monoisotopic (exact) mass is 353 g/mol. The molecule has 0 radical (unpaired) electrons. The molecule has 0 saturated carbocycles. The van der Waals surface area contributed by atoms with Crippen molar-refractivity contribution >= 4 is 27.3 Å². The molecule has 0 bridgehead atoms. The minimum Gasteiger partial charge on any atom is -0.454 e. The van der Waals surface area contributed by atoms with Crippen LogP contribution in [-0.2, 0) is 12.1 Å². The van der Waals surface area contributed by atoms with E-state index in [1.165, 1.54) is 10.4 Å². The quantitative estimate of drug-likeness (QED) is 0.890. The highest BCUT2D eigenvalue weighted by Gasteiger charge is 2.23. The zero-order chi connectivity index (χ0) is 14.2. The maximum Gasteiger partial charge on any atom is 0.231 e. The first-order valence-corrected chi connectivity index (χ1v) is 8.10. The smallest absolute Gasteiger partial charge is 0.231 e. The summed E-state index contributed by atoms with van der Waals surface area (Å²) in [4.78, 5) is 1.31. The average Bonchev–Trinajstić information content (AvgIpc) is 3.04. The summed E-state index contributed by atoms with van der Waals surface area (Å²) in [6.45, 7) is 5.51. The van der Waals surface area contributed by atoms with Gasteiger partial charge in [-0.2, -0.15) is 0 Å². The topological polar surface area (TPSA) is 30.5 Å². The predicted octanol–water partition coefficient (Wildman–Crippen LogP) is 4.26. The molecule has 0 aliphatic carbocycles. The highest BCUT2D eigenvalue weighted by atomic mass is 79.9. The van der Waals surface area contributed by atoms with Crippen molar-refractivity contribution in [2.24, 2.45) is 0 Å². The molecular weight excluding hydrogens is 338 g/mol. The number of thiophene rings is 1. The molecule has 1 aliphatic heterocycles. The molecule has 1 aromatic heterocycles. The molecule has 2 heterocycles. The molecule has 106 valence electrons. The minimum atomic E-state index is -0.128. The van der Waals surface area contributed by atoms with Crippen LogP contribution in [0.1, 0.15) is 24.3 Å². The molecular formula is C15H16BrNO2S. The van der Waals surface area contributed by atoms with E-state index in [0.717, 1.165) is 22.5 Å². The van der Waals surface area contributed by atoms with Crippen LogP contribution in [0.3, 0.4) is 0 Å². The Morgan fingerprint density at radius 1 is 1.25 bits per heavy atom. The van der Waals surface area contributed by atoms with Gasteiger partial charge in [0.05, 0.1) is 0 Å². The largest absolute Gasteiger partial charge is 0.454 e. The van der Waals surface area contributed by atoms with E-state index in [9.17, 15) is 0 Å². The van der Waals surface area contributed by atoms with Crippen molar-refractivity contribution in [2.45, 2.75) is 25.9 Å². The van der Waals surface area contributed by atoms with Crippen LogP contribution in [0.25, 0.3) is 0 Å². The van der Waals surface area contributed by atoms with Crippen molar-refractivity contribution in [1.82, 2.24) is 5.32 Å². The van der Waals surface area contributed by atoms with Gasteiger partial charge in [-0.05, 0) is 53.5 Å². The number of halogens is 1. The Morgan fingerprint density at radius 3 is 2.80 bits per heavy atom. The Hall–Kier alpha value is -1.04. The number of nitrogens with one attached hydrogen (secondary N) is 1. The number of rotatable bonds is 4. The third-order valence-corrected chi connectivity index (χ3v) is 5.12. The molecule has 1 aromatic carbocycles. The fraction of sp³-hybridized carbons (Fsp3) is 0.333. The van der Waals surface area contributed by atoms with Gasteiger partial charge in [0.15, 0.2) is 11.5 Å². The van der Waals surface area contributed by atoms with Crippen LogP contribution >= 0.6 is 27.3 Å². The minimum absolute atomic E-state index is 0.128. The summed E-state index contributed by atoms with van der Waals surface area (Å²) in [6.07, 6.45) is 0. The van der Waals surface area contributed by atoms with E-state index in [1.807, 2.05) is 6.07 Å². The molecule has 3 nitrogen and oxygen atoms in total. The number of ether oxygens (including phenoxy) is 2. The lowest BCUT2D eigenvalue weighted by Gasteiger charge is -2.27. The molecule has 0 saturated heterocycles. The van der Waals surface area contributed by atoms with E-state index in [2.05, 4.69) is 58.7 Å². The van der Waals surface area contributed by atoms with Gasteiger partial charge in [0.2, 0.25) is 6.79 Å². The second kappa shape index (κ2) is 5.39. The predicted molar refractivity (Wildman–Crippen MR) is 84.4 cm³/mol. The fourth-order valence-corrected chi connectivity index (χ4v) is 3.53. The maximum atomic E-state index is 5.45. The highest BCUT2D eigenvalue weighted by molar-refractivity contribution is 9.10. The van der Waals surface area contributed by atoms with Crippen molar-refractivity contribution < 1.29 is 9.47 Å². The van der Waals surface area contributed by atoms with Gasteiger partial charge in [-0.15, -0.1) is 11.3 Å². The molecule has 0 amide bonds. The lowest BCUT2D eigenvalue weighted by Crippen LogP contribution is -2.35. The Balaban J connectivity index is 1.74. The Labute approximate surface area is 131 Å². The molecule has 1 aliphatic rings. The van der Waals surface area contributed by atoms with E-state index in [1.54, 1.807) is 11.3 Å². The van der Waals surface area contributed by atoms with Crippen molar-refractivity contribution in [3.8, 4) is 11.5 Å². The zero-order valence-corrected chi connectivity index (χ0v) is 13.8. The van der Waals surface area contributed by atoms with Gasteiger partial charge in [0, 0.05) is 26.8 Å². The second-order valence-corrected chi connectivity index (χ2v) is 7.19. The Bertz CT molecular complexity index is 624. The SMILES string of the molecule is CC(C)(NCc1cc(Br)cs1)c1ccc2c(c1)OCO2. The summed E-state index contributed by atoms with van der Waals surface area (Å²) in [6, 6.07) is 8.26. The molecule has 1 N–H and O–H groups in total. The van der Waals surface area contributed by atoms with Crippen LogP contribution in [0.2, 0.25) is 0 Å². The number of fused-ring (bicyclic) bond motifs is 1. The van der Waals surface area contributed by atoms with Gasteiger partial charge in [0.1, 0.15) is 0 Å². The first-order valence-electron chi connectivity index (χ1n) is 6.43. The van der Waals surface area contributed by atoms with E-state index < -0.39 is 0 Å². The maximum absolute atomic E-state index is 5.45. The first-order chi connectivity index (χ1) is 9.54. The molecule has 0 atom stereocenters. The molecule has 5 heteroatoms. The third-order valence-electron chi connectivity index (χ3n) is 3.42. The summed E-state index contributed by atoms with van der Waals surface area (Å²) in [5.41, 5.74) is 1.06. The summed E-state index contributed by atoms with van der Waals surface area (Å²) >= 11 is 5.23. The van der Waals surface area contributed by atoms with Crippen molar-refractivity contribution in [2.75, 3.05) is 6.79 Å². The summed E-state index contributed by atoms with van der Waals surface area (Å²) < 4.78 is 11.9. The Morgan fingerprint density at radius 2 is 2.05 bits per heavy atom. The van der Waals surface area contributed by atoms with Crippen molar-refractivity contribution in [3.63, 3.8) is 0 Å². The average molecular weight is 354 g/mol.